The van der Waals surface area contributed by atoms with Gasteiger partial charge < -0.3 is 10.6 Å². The van der Waals surface area contributed by atoms with E-state index in [9.17, 15) is 9.59 Å². The molecule has 0 aliphatic carbocycles. The molecule has 0 saturated carbocycles. The lowest BCUT2D eigenvalue weighted by atomic mass is 10.2. The minimum atomic E-state index is -0.199. The van der Waals surface area contributed by atoms with Crippen molar-refractivity contribution in [3.05, 3.63) is 47.5 Å². The molecule has 0 aliphatic rings. The molecule has 2 N–H and O–H groups in total. The van der Waals surface area contributed by atoms with Gasteiger partial charge in [0.2, 0.25) is 5.91 Å². The Morgan fingerprint density at radius 3 is 2.59 bits per heavy atom. The Balaban J connectivity index is 2.21. The molecule has 0 unspecified atom stereocenters. The van der Waals surface area contributed by atoms with Gasteiger partial charge >= 0.3 is 0 Å². The lowest BCUT2D eigenvalue weighted by molar-refractivity contribution is -0.114. The summed E-state index contributed by atoms with van der Waals surface area (Å²) in [6, 6.07) is 7.36. The number of aromatic nitrogens is 1. The van der Waals surface area contributed by atoms with Crippen molar-refractivity contribution in [1.82, 2.24) is 10.3 Å². The second-order valence-electron chi connectivity index (χ2n) is 4.68. The van der Waals surface area contributed by atoms with Gasteiger partial charge in [0.1, 0.15) is 10.7 Å². The maximum absolute atomic E-state index is 12.0. The van der Waals surface area contributed by atoms with Crippen LogP contribution in [0.25, 0.3) is 10.6 Å². The first-order valence-electron chi connectivity index (χ1n) is 6.76. The number of benzene rings is 1. The van der Waals surface area contributed by atoms with Gasteiger partial charge in [0, 0.05) is 29.6 Å². The predicted molar refractivity (Wildman–Crippen MR) is 89.1 cm³/mol. The van der Waals surface area contributed by atoms with Gasteiger partial charge in [-0.15, -0.1) is 17.9 Å². The fourth-order valence-corrected chi connectivity index (χ4v) is 2.79. The van der Waals surface area contributed by atoms with Crippen LogP contribution in [0.2, 0.25) is 0 Å². The van der Waals surface area contributed by atoms with Crippen LogP contribution in [-0.4, -0.2) is 23.3 Å². The van der Waals surface area contributed by atoms with E-state index in [0.717, 1.165) is 21.1 Å². The predicted octanol–water partition coefficient (Wildman–Crippen LogP) is 2.99. The molecule has 114 valence electrons. The summed E-state index contributed by atoms with van der Waals surface area (Å²) in [5, 5.41) is 6.21. The number of thiazole rings is 1. The zero-order valence-electron chi connectivity index (χ0n) is 12.5. The van der Waals surface area contributed by atoms with Gasteiger partial charge in [-0.25, -0.2) is 4.98 Å². The highest BCUT2D eigenvalue weighted by Gasteiger charge is 2.15. The smallest absolute Gasteiger partial charge is 0.271 e. The lowest BCUT2D eigenvalue weighted by Crippen LogP contribution is -2.24. The van der Waals surface area contributed by atoms with Crippen molar-refractivity contribution >= 4 is 28.8 Å². The van der Waals surface area contributed by atoms with Gasteiger partial charge in [-0.2, -0.15) is 0 Å². The molecule has 0 spiro atoms. The first-order chi connectivity index (χ1) is 10.5. The van der Waals surface area contributed by atoms with Crippen molar-refractivity contribution < 1.29 is 9.59 Å². The van der Waals surface area contributed by atoms with E-state index >= 15 is 0 Å². The van der Waals surface area contributed by atoms with Crippen LogP contribution < -0.4 is 10.6 Å². The highest BCUT2D eigenvalue weighted by atomic mass is 32.1. The summed E-state index contributed by atoms with van der Waals surface area (Å²) >= 11 is 1.46. The zero-order chi connectivity index (χ0) is 16.1. The molecule has 1 aromatic heterocycles. The molecule has 22 heavy (non-hydrogen) atoms. The van der Waals surface area contributed by atoms with Crippen LogP contribution in [-0.2, 0) is 4.79 Å². The number of nitrogens with one attached hydrogen (secondary N) is 2. The molecular weight excluding hydrogens is 298 g/mol. The Morgan fingerprint density at radius 1 is 1.32 bits per heavy atom. The zero-order valence-corrected chi connectivity index (χ0v) is 13.3. The Hall–Kier alpha value is -2.47. The first kappa shape index (κ1) is 15.9. The van der Waals surface area contributed by atoms with Crippen LogP contribution in [0.5, 0.6) is 0 Å². The third-order valence-corrected chi connectivity index (χ3v) is 3.89. The molecular formula is C16H17N3O2S. The topological polar surface area (TPSA) is 71.1 Å². The molecule has 2 aromatic rings. The Kier molecular flexibility index (Phi) is 5.06. The average Bonchev–Trinajstić information content (AvgIpc) is 2.87. The summed E-state index contributed by atoms with van der Waals surface area (Å²) in [6.07, 6.45) is 1.63. The fourth-order valence-electron chi connectivity index (χ4n) is 1.88. The van der Waals surface area contributed by atoms with Crippen molar-refractivity contribution in [2.45, 2.75) is 13.8 Å². The SMILES string of the molecule is C=CCNC(=O)c1nc(-c2ccc(NC(C)=O)cc2)sc1C. The number of hydrogen-bond donors (Lipinski definition) is 2. The van der Waals surface area contributed by atoms with Gasteiger partial charge in [0.15, 0.2) is 0 Å². The standard InChI is InChI=1S/C16H17N3O2S/c1-4-9-17-15(21)14-10(2)22-16(19-14)12-5-7-13(8-6-12)18-11(3)20/h4-8H,1,9H2,2-3H3,(H,17,21)(H,18,20). The molecule has 0 aliphatic heterocycles. The van der Waals surface area contributed by atoms with E-state index in [-0.39, 0.29) is 11.8 Å². The highest BCUT2D eigenvalue weighted by Crippen LogP contribution is 2.28. The van der Waals surface area contributed by atoms with Crippen LogP contribution in [0.1, 0.15) is 22.3 Å². The van der Waals surface area contributed by atoms with E-state index in [0.29, 0.717) is 12.2 Å². The summed E-state index contributed by atoms with van der Waals surface area (Å²) in [6.45, 7) is 7.32. The molecule has 2 amide bonds. The van der Waals surface area contributed by atoms with E-state index < -0.39 is 0 Å². The molecule has 5 nitrogen and oxygen atoms in total. The van der Waals surface area contributed by atoms with Gasteiger partial charge in [-0.05, 0) is 31.2 Å². The van der Waals surface area contributed by atoms with Crippen molar-refractivity contribution in [3.63, 3.8) is 0 Å². The number of aryl methyl sites for hydroxylation is 1. The van der Waals surface area contributed by atoms with E-state index in [1.54, 1.807) is 6.08 Å². The fraction of sp³-hybridized carbons (Fsp3) is 0.188. The molecule has 0 saturated heterocycles. The second kappa shape index (κ2) is 7.00. The second-order valence-corrected chi connectivity index (χ2v) is 5.88. The summed E-state index contributed by atoms with van der Waals surface area (Å²) in [7, 11) is 0. The monoisotopic (exact) mass is 315 g/mol. The maximum atomic E-state index is 12.0. The number of hydrogen-bond acceptors (Lipinski definition) is 4. The highest BCUT2D eigenvalue weighted by molar-refractivity contribution is 7.15. The maximum Gasteiger partial charge on any atom is 0.271 e. The lowest BCUT2D eigenvalue weighted by Gasteiger charge is -2.02. The van der Waals surface area contributed by atoms with Crippen molar-refractivity contribution in [2.24, 2.45) is 0 Å². The first-order valence-corrected chi connectivity index (χ1v) is 7.57. The third kappa shape index (κ3) is 3.79. The number of carbonyl (C=O) groups excluding carboxylic acids is 2. The Bertz CT molecular complexity index is 705. The molecule has 1 aromatic carbocycles. The number of rotatable bonds is 5. The minimum Gasteiger partial charge on any atom is -0.347 e. The number of nitrogens with zero attached hydrogens (tertiary/aromatic N) is 1. The summed E-state index contributed by atoms with van der Waals surface area (Å²) in [5.74, 6) is -0.311. The third-order valence-electron chi connectivity index (χ3n) is 2.87. The number of anilines is 1. The van der Waals surface area contributed by atoms with Crippen LogP contribution in [0.4, 0.5) is 5.69 Å². The van der Waals surface area contributed by atoms with Crippen LogP contribution in [0.3, 0.4) is 0 Å². The molecule has 0 fully saturated rings. The molecule has 1 heterocycles. The van der Waals surface area contributed by atoms with Crippen LogP contribution in [0, 0.1) is 6.92 Å². The van der Waals surface area contributed by atoms with Gasteiger partial charge in [0.05, 0.1) is 0 Å². The molecule has 0 radical (unpaired) electrons. The molecule has 6 heteroatoms. The molecule has 2 rings (SSSR count). The van der Waals surface area contributed by atoms with Crippen LogP contribution >= 0.6 is 11.3 Å². The average molecular weight is 315 g/mol. The van der Waals surface area contributed by atoms with Gasteiger partial charge in [0.25, 0.3) is 5.91 Å². The van der Waals surface area contributed by atoms with Gasteiger partial charge in [-0.1, -0.05) is 6.08 Å². The summed E-state index contributed by atoms with van der Waals surface area (Å²) < 4.78 is 0. The Labute approximate surface area is 133 Å². The van der Waals surface area contributed by atoms with Crippen molar-refractivity contribution in [3.8, 4) is 10.6 Å². The van der Waals surface area contributed by atoms with E-state index in [1.165, 1.54) is 18.3 Å². The quantitative estimate of drug-likeness (QED) is 0.833. The number of carbonyl (C=O) groups is 2. The molecule has 0 bridgehead atoms. The van der Waals surface area contributed by atoms with E-state index in [4.69, 9.17) is 0 Å². The van der Waals surface area contributed by atoms with E-state index in [1.807, 2.05) is 31.2 Å². The summed E-state index contributed by atoms with van der Waals surface area (Å²) in [4.78, 5) is 28.3. The summed E-state index contributed by atoms with van der Waals surface area (Å²) in [5.41, 5.74) is 2.08. The minimum absolute atomic E-state index is 0.112. The van der Waals surface area contributed by atoms with Crippen LogP contribution in [0.15, 0.2) is 36.9 Å². The Morgan fingerprint density at radius 2 is 2.00 bits per heavy atom. The van der Waals surface area contributed by atoms with E-state index in [2.05, 4.69) is 22.2 Å². The van der Waals surface area contributed by atoms with Crippen molar-refractivity contribution in [2.75, 3.05) is 11.9 Å². The van der Waals surface area contributed by atoms with Crippen molar-refractivity contribution in [1.29, 1.82) is 0 Å². The molecule has 0 atom stereocenters. The normalized spacial score (nSPS) is 10.1. The largest absolute Gasteiger partial charge is 0.347 e. The van der Waals surface area contributed by atoms with Gasteiger partial charge in [-0.3, -0.25) is 9.59 Å². The number of amides is 2.